The highest BCUT2D eigenvalue weighted by atomic mass is 19.1. The number of halogens is 1. The van der Waals surface area contributed by atoms with Gasteiger partial charge in [-0.25, -0.2) is 4.39 Å². The number of anilines is 1. The second-order valence-electron chi connectivity index (χ2n) is 7.38. The fraction of sp³-hybridized carbons (Fsp3) is 0.348. The zero-order valence-electron chi connectivity index (χ0n) is 16.2. The predicted molar refractivity (Wildman–Crippen MR) is 111 cm³/mol. The van der Waals surface area contributed by atoms with Crippen LogP contribution < -0.4 is 10.2 Å². The summed E-state index contributed by atoms with van der Waals surface area (Å²) in [6, 6.07) is 12.9. The Morgan fingerprint density at radius 2 is 1.96 bits per heavy atom. The molecule has 1 N–H and O–H groups in total. The average Bonchev–Trinajstić information content (AvgIpc) is 3.22. The molecule has 0 radical (unpaired) electrons. The van der Waals surface area contributed by atoms with Gasteiger partial charge < -0.3 is 15.1 Å². The number of hydrogen-bond donors (Lipinski definition) is 1. The minimum atomic E-state index is -0.381. The minimum Gasteiger partial charge on any atom is -0.369 e. The number of nitrogens with zero attached hydrogens (tertiary/aromatic N) is 2. The Balaban J connectivity index is 1.63. The van der Waals surface area contributed by atoms with Gasteiger partial charge in [0.15, 0.2) is 0 Å². The molecule has 4 rings (SSSR count). The molecule has 1 fully saturated rings. The topological polar surface area (TPSA) is 35.6 Å². The highest BCUT2D eigenvalue weighted by Gasteiger charge is 2.25. The van der Waals surface area contributed by atoms with Crippen molar-refractivity contribution in [3.8, 4) is 11.1 Å². The number of rotatable bonds is 4. The SMILES string of the molecule is CCC1C=CCN1C(=O)c1cc(F)cc(-c2cccc(N3CCNCC3)c2)c1. The van der Waals surface area contributed by atoms with Crippen LogP contribution in [0, 0.1) is 5.82 Å². The molecular formula is C23H26FN3O. The van der Waals surface area contributed by atoms with Crippen LogP contribution in [-0.2, 0) is 0 Å². The molecule has 5 heteroatoms. The molecule has 2 aromatic carbocycles. The summed E-state index contributed by atoms with van der Waals surface area (Å²) < 4.78 is 14.4. The van der Waals surface area contributed by atoms with E-state index in [-0.39, 0.29) is 17.8 Å². The van der Waals surface area contributed by atoms with Crippen molar-refractivity contribution in [1.29, 1.82) is 0 Å². The second kappa shape index (κ2) is 8.15. The number of carbonyl (C=O) groups excluding carboxylic acids is 1. The van der Waals surface area contributed by atoms with E-state index in [4.69, 9.17) is 0 Å². The summed E-state index contributed by atoms with van der Waals surface area (Å²) in [4.78, 5) is 17.1. The molecule has 0 aromatic heterocycles. The number of hydrogen-bond acceptors (Lipinski definition) is 3. The van der Waals surface area contributed by atoms with Gasteiger partial charge in [-0.05, 0) is 47.9 Å². The van der Waals surface area contributed by atoms with Crippen LogP contribution >= 0.6 is 0 Å². The third-order valence-corrected chi connectivity index (χ3v) is 5.55. The largest absolute Gasteiger partial charge is 0.369 e. The van der Waals surface area contributed by atoms with E-state index >= 15 is 0 Å². The zero-order chi connectivity index (χ0) is 19.5. The highest BCUT2D eigenvalue weighted by Crippen LogP contribution is 2.28. The maximum absolute atomic E-state index is 14.4. The number of piperazine rings is 1. The van der Waals surface area contributed by atoms with Gasteiger partial charge in [-0.2, -0.15) is 0 Å². The first kappa shape index (κ1) is 18.7. The Morgan fingerprint density at radius 3 is 2.75 bits per heavy atom. The van der Waals surface area contributed by atoms with Crippen LogP contribution in [-0.4, -0.2) is 49.6 Å². The van der Waals surface area contributed by atoms with E-state index in [0.717, 1.165) is 49.4 Å². The Bertz CT molecular complexity index is 889. The van der Waals surface area contributed by atoms with Crippen molar-refractivity contribution >= 4 is 11.6 Å². The van der Waals surface area contributed by atoms with Gasteiger partial charge in [0.1, 0.15) is 5.82 Å². The molecule has 1 amide bonds. The second-order valence-corrected chi connectivity index (χ2v) is 7.38. The van der Waals surface area contributed by atoms with Crippen molar-refractivity contribution < 1.29 is 9.18 Å². The highest BCUT2D eigenvalue weighted by molar-refractivity contribution is 5.96. The smallest absolute Gasteiger partial charge is 0.254 e. The Hall–Kier alpha value is -2.66. The predicted octanol–water partition coefficient (Wildman–Crippen LogP) is 3.69. The summed E-state index contributed by atoms with van der Waals surface area (Å²) in [6.07, 6.45) is 4.91. The quantitative estimate of drug-likeness (QED) is 0.823. The Morgan fingerprint density at radius 1 is 1.14 bits per heavy atom. The van der Waals surface area contributed by atoms with Crippen molar-refractivity contribution in [2.45, 2.75) is 19.4 Å². The molecule has 1 atom stereocenters. The molecule has 2 heterocycles. The minimum absolute atomic E-state index is 0.0928. The van der Waals surface area contributed by atoms with Crippen LogP contribution in [0.5, 0.6) is 0 Å². The molecule has 28 heavy (non-hydrogen) atoms. The molecule has 146 valence electrons. The first-order chi connectivity index (χ1) is 13.7. The molecular weight excluding hydrogens is 353 g/mol. The number of nitrogens with one attached hydrogen (secondary N) is 1. The summed E-state index contributed by atoms with van der Waals surface area (Å²) >= 11 is 0. The lowest BCUT2D eigenvalue weighted by Crippen LogP contribution is -2.43. The molecule has 2 aliphatic rings. The molecule has 1 unspecified atom stereocenters. The first-order valence-corrected chi connectivity index (χ1v) is 10.00. The molecule has 4 nitrogen and oxygen atoms in total. The molecule has 2 aromatic rings. The standard InChI is InChI=1S/C23H26FN3O/c1-2-21-7-4-10-27(21)23(28)19-13-18(14-20(24)15-19)17-5-3-6-22(16-17)26-11-8-25-9-12-26/h3-7,13-16,21,25H,2,8-12H2,1H3. The number of benzene rings is 2. The van der Waals surface area contributed by atoms with E-state index in [2.05, 4.69) is 35.3 Å². The summed E-state index contributed by atoms with van der Waals surface area (Å²) in [7, 11) is 0. The molecule has 0 aliphatic carbocycles. The van der Waals surface area contributed by atoms with E-state index in [1.54, 1.807) is 4.90 Å². The lowest BCUT2D eigenvalue weighted by atomic mass is 10.0. The van der Waals surface area contributed by atoms with E-state index in [0.29, 0.717) is 12.1 Å². The van der Waals surface area contributed by atoms with Gasteiger partial charge in [0.25, 0.3) is 5.91 Å². The van der Waals surface area contributed by atoms with Gasteiger partial charge in [0, 0.05) is 44.0 Å². The van der Waals surface area contributed by atoms with E-state index in [1.165, 1.54) is 12.1 Å². The van der Waals surface area contributed by atoms with Crippen molar-refractivity contribution in [2.75, 3.05) is 37.6 Å². The maximum Gasteiger partial charge on any atom is 0.254 e. The van der Waals surface area contributed by atoms with Gasteiger partial charge in [0.05, 0.1) is 6.04 Å². The average molecular weight is 379 g/mol. The van der Waals surface area contributed by atoms with E-state index in [1.807, 2.05) is 24.3 Å². The van der Waals surface area contributed by atoms with Crippen LogP contribution in [0.15, 0.2) is 54.6 Å². The Labute approximate surface area is 165 Å². The van der Waals surface area contributed by atoms with Gasteiger partial charge in [-0.15, -0.1) is 0 Å². The molecule has 1 saturated heterocycles. The van der Waals surface area contributed by atoms with Crippen molar-refractivity contribution in [3.05, 3.63) is 66.0 Å². The Kier molecular flexibility index (Phi) is 5.44. The van der Waals surface area contributed by atoms with Gasteiger partial charge in [-0.3, -0.25) is 4.79 Å². The van der Waals surface area contributed by atoms with Gasteiger partial charge >= 0.3 is 0 Å². The summed E-state index contributed by atoms with van der Waals surface area (Å²) in [5.41, 5.74) is 3.20. The summed E-state index contributed by atoms with van der Waals surface area (Å²) in [6.45, 7) is 6.48. The summed E-state index contributed by atoms with van der Waals surface area (Å²) in [5, 5.41) is 3.35. The van der Waals surface area contributed by atoms with Gasteiger partial charge in [-0.1, -0.05) is 31.2 Å². The number of carbonyl (C=O) groups is 1. The lowest BCUT2D eigenvalue weighted by Gasteiger charge is -2.29. The van der Waals surface area contributed by atoms with Crippen LogP contribution in [0.1, 0.15) is 23.7 Å². The van der Waals surface area contributed by atoms with Gasteiger partial charge in [0.2, 0.25) is 0 Å². The summed E-state index contributed by atoms with van der Waals surface area (Å²) in [5.74, 6) is -0.496. The van der Waals surface area contributed by atoms with Crippen LogP contribution in [0.3, 0.4) is 0 Å². The van der Waals surface area contributed by atoms with E-state index in [9.17, 15) is 9.18 Å². The maximum atomic E-state index is 14.4. The van der Waals surface area contributed by atoms with Crippen molar-refractivity contribution in [3.63, 3.8) is 0 Å². The zero-order valence-corrected chi connectivity index (χ0v) is 16.2. The normalized spacial score (nSPS) is 19.3. The first-order valence-electron chi connectivity index (χ1n) is 10.00. The molecule has 0 spiro atoms. The van der Waals surface area contributed by atoms with Crippen molar-refractivity contribution in [2.24, 2.45) is 0 Å². The van der Waals surface area contributed by atoms with E-state index < -0.39 is 0 Å². The molecule has 0 bridgehead atoms. The molecule has 2 aliphatic heterocycles. The third-order valence-electron chi connectivity index (χ3n) is 5.55. The van der Waals surface area contributed by atoms with Crippen LogP contribution in [0.2, 0.25) is 0 Å². The third kappa shape index (κ3) is 3.80. The fourth-order valence-corrected chi connectivity index (χ4v) is 4.01. The van der Waals surface area contributed by atoms with Crippen LogP contribution in [0.4, 0.5) is 10.1 Å². The monoisotopic (exact) mass is 379 g/mol. The lowest BCUT2D eigenvalue weighted by molar-refractivity contribution is 0.0747. The van der Waals surface area contributed by atoms with Crippen LogP contribution in [0.25, 0.3) is 11.1 Å². The number of amides is 1. The fourth-order valence-electron chi connectivity index (χ4n) is 4.01. The van der Waals surface area contributed by atoms with Crippen molar-refractivity contribution in [1.82, 2.24) is 10.2 Å². The molecule has 0 saturated carbocycles.